The van der Waals surface area contributed by atoms with E-state index >= 15 is 0 Å². The Kier molecular flexibility index (Phi) is 5.46. The molecular formula is C13H19NO3. The first-order valence-corrected chi connectivity index (χ1v) is 5.96. The molecule has 0 atom stereocenters. The molecule has 0 saturated carbocycles. The summed E-state index contributed by atoms with van der Waals surface area (Å²) in [7, 11) is 1.45. The molecule has 1 N–H and O–H groups in total. The fourth-order valence-electron chi connectivity index (χ4n) is 1.68. The largest absolute Gasteiger partial charge is 0.494 e. The summed E-state index contributed by atoms with van der Waals surface area (Å²) in [5, 5.41) is 8.99. The first-order valence-electron chi connectivity index (χ1n) is 5.96. The molecule has 0 spiro atoms. The van der Waals surface area contributed by atoms with Crippen LogP contribution in [-0.4, -0.2) is 23.2 Å². The maximum atomic E-state index is 11.0. The Morgan fingerprint density at radius 3 is 2.71 bits per heavy atom. The minimum absolute atomic E-state index is 0.000455. The molecule has 1 aromatic rings. The third-order valence-electron chi connectivity index (χ3n) is 2.62. The van der Waals surface area contributed by atoms with Crippen LogP contribution in [0.5, 0.6) is 5.75 Å². The second kappa shape index (κ2) is 6.89. The van der Waals surface area contributed by atoms with E-state index in [1.807, 2.05) is 6.07 Å². The van der Waals surface area contributed by atoms with Crippen molar-refractivity contribution in [3.63, 3.8) is 0 Å². The number of carboxylic acid groups (broad SMARTS) is 1. The van der Waals surface area contributed by atoms with Gasteiger partial charge in [-0.3, -0.25) is 0 Å². The quantitative estimate of drug-likeness (QED) is 0.741. The summed E-state index contributed by atoms with van der Waals surface area (Å²) in [6.07, 6.45) is 5.43. The van der Waals surface area contributed by atoms with E-state index in [0.717, 1.165) is 25.0 Å². The van der Waals surface area contributed by atoms with Crippen LogP contribution in [0.4, 0.5) is 0 Å². The molecule has 0 aromatic carbocycles. The molecule has 0 unspecified atom stereocenters. The van der Waals surface area contributed by atoms with Crippen LogP contribution in [0, 0.1) is 0 Å². The lowest BCUT2D eigenvalue weighted by molar-refractivity contribution is 0.0686. The lowest BCUT2D eigenvalue weighted by Gasteiger charge is -2.06. The van der Waals surface area contributed by atoms with Crippen molar-refractivity contribution in [3.05, 3.63) is 23.5 Å². The SMILES string of the molecule is CCCCCCc1ccc(OC)c(C(=O)O)n1. The minimum Gasteiger partial charge on any atom is -0.494 e. The lowest BCUT2D eigenvalue weighted by Crippen LogP contribution is -2.06. The summed E-state index contributed by atoms with van der Waals surface area (Å²) < 4.78 is 4.96. The molecule has 0 amide bonds. The molecule has 17 heavy (non-hydrogen) atoms. The predicted molar refractivity (Wildman–Crippen MR) is 65.6 cm³/mol. The Balaban J connectivity index is 2.68. The molecule has 0 aliphatic heterocycles. The van der Waals surface area contributed by atoms with Gasteiger partial charge in [0, 0.05) is 5.69 Å². The van der Waals surface area contributed by atoms with Gasteiger partial charge in [0.05, 0.1) is 7.11 Å². The first kappa shape index (κ1) is 13.5. The van der Waals surface area contributed by atoms with Crippen LogP contribution in [0.2, 0.25) is 0 Å². The van der Waals surface area contributed by atoms with Crippen molar-refractivity contribution < 1.29 is 14.6 Å². The Morgan fingerprint density at radius 2 is 2.12 bits per heavy atom. The summed E-state index contributed by atoms with van der Waals surface area (Å²) >= 11 is 0. The van der Waals surface area contributed by atoms with Crippen LogP contribution < -0.4 is 4.74 Å². The van der Waals surface area contributed by atoms with Gasteiger partial charge < -0.3 is 9.84 Å². The first-order chi connectivity index (χ1) is 8.19. The topological polar surface area (TPSA) is 59.4 Å². The molecule has 0 fully saturated rings. The number of pyridine rings is 1. The predicted octanol–water partition coefficient (Wildman–Crippen LogP) is 2.91. The van der Waals surface area contributed by atoms with Crippen LogP contribution in [0.1, 0.15) is 48.8 Å². The van der Waals surface area contributed by atoms with Crippen molar-refractivity contribution >= 4 is 5.97 Å². The van der Waals surface area contributed by atoms with Gasteiger partial charge in [-0.2, -0.15) is 0 Å². The number of hydrogen-bond acceptors (Lipinski definition) is 3. The fourth-order valence-corrected chi connectivity index (χ4v) is 1.68. The smallest absolute Gasteiger partial charge is 0.358 e. The van der Waals surface area contributed by atoms with Crippen molar-refractivity contribution in [2.45, 2.75) is 39.0 Å². The molecule has 1 rings (SSSR count). The van der Waals surface area contributed by atoms with Crippen LogP contribution in [0.15, 0.2) is 12.1 Å². The highest BCUT2D eigenvalue weighted by Crippen LogP contribution is 2.17. The summed E-state index contributed by atoms with van der Waals surface area (Å²) in [4.78, 5) is 15.1. The van der Waals surface area contributed by atoms with E-state index in [4.69, 9.17) is 9.84 Å². The number of aromatic nitrogens is 1. The van der Waals surface area contributed by atoms with E-state index in [2.05, 4.69) is 11.9 Å². The van der Waals surface area contributed by atoms with Crippen molar-refractivity contribution in [1.29, 1.82) is 0 Å². The summed E-state index contributed by atoms with van der Waals surface area (Å²) in [5.74, 6) is -0.730. The van der Waals surface area contributed by atoms with Gasteiger partial charge >= 0.3 is 5.97 Å². The lowest BCUT2D eigenvalue weighted by atomic mass is 10.1. The van der Waals surface area contributed by atoms with Crippen LogP contribution in [0.3, 0.4) is 0 Å². The highest BCUT2D eigenvalue weighted by molar-refractivity contribution is 5.88. The molecule has 4 heteroatoms. The highest BCUT2D eigenvalue weighted by atomic mass is 16.5. The number of methoxy groups -OCH3 is 1. The average molecular weight is 237 g/mol. The normalized spacial score (nSPS) is 10.2. The van der Waals surface area contributed by atoms with Crippen LogP contribution in [-0.2, 0) is 6.42 Å². The van der Waals surface area contributed by atoms with Gasteiger partial charge in [0.15, 0.2) is 11.4 Å². The highest BCUT2D eigenvalue weighted by Gasteiger charge is 2.13. The number of unbranched alkanes of at least 4 members (excludes halogenated alkanes) is 3. The molecule has 0 bridgehead atoms. The van der Waals surface area contributed by atoms with Gasteiger partial charge in [-0.15, -0.1) is 0 Å². The number of carboxylic acids is 1. The fraction of sp³-hybridized carbons (Fsp3) is 0.538. The molecule has 1 heterocycles. The van der Waals surface area contributed by atoms with Crippen molar-refractivity contribution in [2.24, 2.45) is 0 Å². The minimum atomic E-state index is -1.04. The zero-order chi connectivity index (χ0) is 12.7. The van der Waals surface area contributed by atoms with Gasteiger partial charge in [-0.05, 0) is 25.0 Å². The zero-order valence-corrected chi connectivity index (χ0v) is 10.4. The van der Waals surface area contributed by atoms with Gasteiger partial charge in [0.2, 0.25) is 0 Å². The summed E-state index contributed by atoms with van der Waals surface area (Å²) in [6, 6.07) is 3.50. The molecular weight excluding hydrogens is 218 g/mol. The third-order valence-corrected chi connectivity index (χ3v) is 2.62. The van der Waals surface area contributed by atoms with Crippen LogP contribution in [0.25, 0.3) is 0 Å². The summed E-state index contributed by atoms with van der Waals surface area (Å²) in [6.45, 7) is 2.16. The van der Waals surface area contributed by atoms with E-state index in [0.29, 0.717) is 5.75 Å². The molecule has 0 aliphatic rings. The number of carbonyl (C=O) groups is 1. The van der Waals surface area contributed by atoms with E-state index in [9.17, 15) is 4.79 Å². The van der Waals surface area contributed by atoms with Gasteiger partial charge in [-0.1, -0.05) is 26.2 Å². The maximum Gasteiger partial charge on any atom is 0.358 e. The number of rotatable bonds is 7. The van der Waals surface area contributed by atoms with Crippen LogP contribution >= 0.6 is 0 Å². The molecule has 94 valence electrons. The van der Waals surface area contributed by atoms with E-state index in [1.54, 1.807) is 6.07 Å². The second-order valence-corrected chi connectivity index (χ2v) is 3.97. The standard InChI is InChI=1S/C13H19NO3/c1-3-4-5-6-7-10-8-9-11(17-2)12(14-10)13(15)16/h8-9H,3-7H2,1-2H3,(H,15,16). The number of hydrogen-bond donors (Lipinski definition) is 1. The molecule has 1 aromatic heterocycles. The number of nitrogens with zero attached hydrogens (tertiary/aromatic N) is 1. The zero-order valence-electron chi connectivity index (χ0n) is 10.4. The third kappa shape index (κ3) is 4.06. The Hall–Kier alpha value is -1.58. The van der Waals surface area contributed by atoms with E-state index in [-0.39, 0.29) is 5.69 Å². The molecule has 0 saturated heterocycles. The number of aryl methyl sites for hydroxylation is 1. The molecule has 4 nitrogen and oxygen atoms in total. The van der Waals surface area contributed by atoms with Crippen molar-refractivity contribution in [3.8, 4) is 5.75 Å². The van der Waals surface area contributed by atoms with E-state index in [1.165, 1.54) is 20.0 Å². The van der Waals surface area contributed by atoms with Crippen molar-refractivity contribution in [1.82, 2.24) is 4.98 Å². The Bertz CT molecular complexity index is 377. The molecule has 0 aliphatic carbocycles. The van der Waals surface area contributed by atoms with Gasteiger partial charge in [0.1, 0.15) is 0 Å². The summed E-state index contributed by atoms with van der Waals surface area (Å²) in [5.41, 5.74) is 0.819. The number of ether oxygens (including phenoxy) is 1. The maximum absolute atomic E-state index is 11.0. The van der Waals surface area contributed by atoms with Gasteiger partial charge in [-0.25, -0.2) is 9.78 Å². The monoisotopic (exact) mass is 237 g/mol. The van der Waals surface area contributed by atoms with Gasteiger partial charge in [0.25, 0.3) is 0 Å². The Morgan fingerprint density at radius 1 is 1.35 bits per heavy atom. The second-order valence-electron chi connectivity index (χ2n) is 3.97. The Labute approximate surface area is 102 Å². The number of aromatic carboxylic acids is 1. The molecule has 0 radical (unpaired) electrons. The van der Waals surface area contributed by atoms with Crippen molar-refractivity contribution in [2.75, 3.05) is 7.11 Å². The van der Waals surface area contributed by atoms with E-state index < -0.39 is 5.97 Å². The average Bonchev–Trinajstić information content (AvgIpc) is 2.34.